The van der Waals surface area contributed by atoms with Crippen LogP contribution in [0.1, 0.15) is 32.8 Å². The van der Waals surface area contributed by atoms with Gasteiger partial charge in [0, 0.05) is 6.54 Å². The van der Waals surface area contributed by atoms with Gasteiger partial charge in [-0.15, -0.1) is 0 Å². The van der Waals surface area contributed by atoms with Crippen LogP contribution in [-0.2, 0) is 14.3 Å². The Kier molecular flexibility index (Phi) is 5.17. The molecular weight excluding hydrogens is 310 g/mol. The van der Waals surface area contributed by atoms with E-state index in [1.165, 1.54) is 12.0 Å². The fourth-order valence-electron chi connectivity index (χ4n) is 2.57. The van der Waals surface area contributed by atoms with Gasteiger partial charge in [0.15, 0.2) is 0 Å². The molecule has 6 heteroatoms. The number of rotatable bonds is 2. The maximum absolute atomic E-state index is 12.3. The number of hydrogen-bond donors (Lipinski definition) is 1. The van der Waals surface area contributed by atoms with Gasteiger partial charge in [0.25, 0.3) is 0 Å². The number of ether oxygens (including phenoxy) is 2. The Morgan fingerprint density at radius 1 is 1.25 bits per heavy atom. The monoisotopic (exact) mass is 333 g/mol. The molecule has 24 heavy (non-hydrogen) atoms. The summed E-state index contributed by atoms with van der Waals surface area (Å²) in [5.41, 5.74) is 1.33. The predicted molar refractivity (Wildman–Crippen MR) is 89.5 cm³/mol. The molecule has 1 aromatic rings. The third-order valence-corrected chi connectivity index (χ3v) is 3.62. The standard InChI is InChI=1S/C18H23NO5/c1-18(2,3)24-17(22)19-9-8-14(15(11-19)16(21)23-4)12-6-5-7-13(20)10-12/h5-7,10,20H,8-9,11H2,1-4H3. The summed E-state index contributed by atoms with van der Waals surface area (Å²) in [4.78, 5) is 25.9. The first-order valence-corrected chi connectivity index (χ1v) is 7.79. The van der Waals surface area contributed by atoms with E-state index < -0.39 is 17.7 Å². The Hall–Kier alpha value is -2.50. The topological polar surface area (TPSA) is 76.1 Å². The van der Waals surface area contributed by atoms with Gasteiger partial charge in [0.2, 0.25) is 0 Å². The van der Waals surface area contributed by atoms with Crippen molar-refractivity contribution in [2.75, 3.05) is 20.2 Å². The summed E-state index contributed by atoms with van der Waals surface area (Å²) in [5, 5.41) is 9.67. The second kappa shape index (κ2) is 6.95. The van der Waals surface area contributed by atoms with E-state index in [0.717, 1.165) is 11.1 Å². The van der Waals surface area contributed by atoms with E-state index in [1.54, 1.807) is 39.0 Å². The van der Waals surface area contributed by atoms with Crippen molar-refractivity contribution >= 4 is 17.6 Å². The minimum absolute atomic E-state index is 0.118. The molecule has 0 atom stereocenters. The van der Waals surface area contributed by atoms with Gasteiger partial charge in [0.05, 0.1) is 19.2 Å². The number of phenols is 1. The van der Waals surface area contributed by atoms with Crippen LogP contribution in [0, 0.1) is 0 Å². The van der Waals surface area contributed by atoms with E-state index in [9.17, 15) is 14.7 Å². The highest BCUT2D eigenvalue weighted by Gasteiger charge is 2.30. The summed E-state index contributed by atoms with van der Waals surface area (Å²) < 4.78 is 10.2. The molecule has 1 aromatic carbocycles. The molecule has 130 valence electrons. The van der Waals surface area contributed by atoms with E-state index in [4.69, 9.17) is 9.47 Å². The fourth-order valence-corrected chi connectivity index (χ4v) is 2.57. The Bertz CT molecular complexity index is 672. The number of esters is 1. The number of aromatic hydroxyl groups is 1. The molecule has 1 aliphatic rings. The average molecular weight is 333 g/mol. The molecule has 1 heterocycles. The molecule has 0 saturated carbocycles. The van der Waals surface area contributed by atoms with Crippen molar-refractivity contribution in [2.24, 2.45) is 0 Å². The highest BCUT2D eigenvalue weighted by atomic mass is 16.6. The molecule has 0 saturated heterocycles. The molecule has 1 aliphatic heterocycles. The maximum atomic E-state index is 12.3. The molecule has 0 radical (unpaired) electrons. The first-order chi connectivity index (χ1) is 11.2. The Balaban J connectivity index is 2.32. The van der Waals surface area contributed by atoms with Crippen LogP contribution in [0.5, 0.6) is 5.75 Å². The van der Waals surface area contributed by atoms with Crippen molar-refractivity contribution in [2.45, 2.75) is 32.8 Å². The van der Waals surface area contributed by atoms with Gasteiger partial charge in [-0.2, -0.15) is 0 Å². The zero-order valence-corrected chi connectivity index (χ0v) is 14.5. The van der Waals surface area contributed by atoms with Crippen molar-refractivity contribution in [3.05, 3.63) is 35.4 Å². The molecule has 0 bridgehead atoms. The van der Waals surface area contributed by atoms with E-state index >= 15 is 0 Å². The summed E-state index contributed by atoms with van der Waals surface area (Å²) in [6, 6.07) is 6.70. The highest BCUT2D eigenvalue weighted by molar-refractivity contribution is 5.99. The zero-order valence-electron chi connectivity index (χ0n) is 14.5. The smallest absolute Gasteiger partial charge is 0.410 e. The van der Waals surface area contributed by atoms with Crippen molar-refractivity contribution in [1.29, 1.82) is 0 Å². The normalized spacial score (nSPS) is 15.2. The van der Waals surface area contributed by atoms with Crippen LogP contribution < -0.4 is 0 Å². The van der Waals surface area contributed by atoms with E-state index in [1.807, 2.05) is 6.07 Å². The van der Waals surface area contributed by atoms with Crippen LogP contribution in [-0.4, -0.2) is 47.9 Å². The molecule has 0 spiro atoms. The van der Waals surface area contributed by atoms with Crippen molar-refractivity contribution < 1.29 is 24.2 Å². The molecule has 0 unspecified atom stereocenters. The third kappa shape index (κ3) is 4.28. The summed E-state index contributed by atoms with van der Waals surface area (Å²) in [6.07, 6.45) is 0.0199. The van der Waals surface area contributed by atoms with Gasteiger partial charge in [-0.05, 0) is 50.5 Å². The average Bonchev–Trinajstić information content (AvgIpc) is 2.52. The van der Waals surface area contributed by atoms with E-state index in [0.29, 0.717) is 18.5 Å². The predicted octanol–water partition coefficient (Wildman–Crippen LogP) is 2.96. The first-order valence-electron chi connectivity index (χ1n) is 7.79. The zero-order chi connectivity index (χ0) is 17.9. The lowest BCUT2D eigenvalue weighted by Gasteiger charge is -2.32. The number of phenolic OH excluding ortho intramolecular Hbond substituents is 1. The SMILES string of the molecule is COC(=O)C1=C(c2cccc(O)c2)CCN(C(=O)OC(C)(C)C)C1. The molecule has 0 fully saturated rings. The summed E-state index contributed by atoms with van der Waals surface area (Å²) >= 11 is 0. The quantitative estimate of drug-likeness (QED) is 0.842. The molecule has 0 aromatic heterocycles. The van der Waals surface area contributed by atoms with Gasteiger partial charge in [-0.25, -0.2) is 9.59 Å². The number of benzene rings is 1. The van der Waals surface area contributed by atoms with Crippen LogP contribution in [0.15, 0.2) is 29.8 Å². The molecule has 6 nitrogen and oxygen atoms in total. The van der Waals surface area contributed by atoms with Gasteiger partial charge in [0.1, 0.15) is 11.4 Å². The van der Waals surface area contributed by atoms with Gasteiger partial charge in [-0.1, -0.05) is 12.1 Å². The van der Waals surface area contributed by atoms with Crippen LogP contribution in [0.4, 0.5) is 4.79 Å². The number of methoxy groups -OCH3 is 1. The summed E-state index contributed by atoms with van der Waals surface area (Å²) in [7, 11) is 1.31. The molecule has 1 amide bonds. The number of hydrogen-bond acceptors (Lipinski definition) is 5. The summed E-state index contributed by atoms with van der Waals surface area (Å²) in [6.45, 7) is 5.94. The Labute approximate surface area is 141 Å². The van der Waals surface area contributed by atoms with Gasteiger partial charge < -0.3 is 19.5 Å². The largest absolute Gasteiger partial charge is 0.508 e. The minimum Gasteiger partial charge on any atom is -0.508 e. The van der Waals surface area contributed by atoms with Crippen molar-refractivity contribution in [3.63, 3.8) is 0 Å². The summed E-state index contributed by atoms with van der Waals surface area (Å²) in [5.74, 6) is -0.361. The Morgan fingerprint density at radius 3 is 2.54 bits per heavy atom. The lowest BCUT2D eigenvalue weighted by molar-refractivity contribution is -0.136. The minimum atomic E-state index is -0.599. The van der Waals surface area contributed by atoms with Crippen molar-refractivity contribution in [3.8, 4) is 5.75 Å². The lowest BCUT2D eigenvalue weighted by Crippen LogP contribution is -2.41. The molecule has 2 rings (SSSR count). The number of nitrogens with zero attached hydrogens (tertiary/aromatic N) is 1. The lowest BCUT2D eigenvalue weighted by atomic mass is 9.93. The second-order valence-electron chi connectivity index (χ2n) is 6.65. The van der Waals surface area contributed by atoms with Crippen LogP contribution in [0.3, 0.4) is 0 Å². The van der Waals surface area contributed by atoms with E-state index in [2.05, 4.69) is 0 Å². The molecular formula is C18H23NO5. The molecule has 0 aliphatic carbocycles. The molecule has 1 N–H and O–H groups in total. The van der Waals surface area contributed by atoms with Crippen LogP contribution in [0.2, 0.25) is 0 Å². The van der Waals surface area contributed by atoms with Crippen molar-refractivity contribution in [1.82, 2.24) is 4.90 Å². The Morgan fingerprint density at radius 2 is 1.96 bits per heavy atom. The second-order valence-corrected chi connectivity index (χ2v) is 6.65. The van der Waals surface area contributed by atoms with E-state index in [-0.39, 0.29) is 12.3 Å². The van der Waals surface area contributed by atoms with Gasteiger partial charge >= 0.3 is 12.1 Å². The highest BCUT2D eigenvalue weighted by Crippen LogP contribution is 2.30. The maximum Gasteiger partial charge on any atom is 0.410 e. The van der Waals surface area contributed by atoms with Gasteiger partial charge in [-0.3, -0.25) is 0 Å². The number of amides is 1. The first kappa shape index (κ1) is 17.8. The number of carbonyl (C=O) groups excluding carboxylic acids is 2. The van der Waals surface area contributed by atoms with Crippen LogP contribution >= 0.6 is 0 Å². The fraction of sp³-hybridized carbons (Fsp3) is 0.444. The van der Waals surface area contributed by atoms with Crippen LogP contribution in [0.25, 0.3) is 5.57 Å². The third-order valence-electron chi connectivity index (χ3n) is 3.62. The number of carbonyl (C=O) groups is 2.